The number of ether oxygens (including phenoxy) is 1. The molecule has 31 heavy (non-hydrogen) atoms. The molecule has 1 saturated heterocycles. The summed E-state index contributed by atoms with van der Waals surface area (Å²) in [6, 6.07) is 15.8. The van der Waals surface area contributed by atoms with Crippen molar-refractivity contribution in [2.75, 3.05) is 26.3 Å². The van der Waals surface area contributed by atoms with Gasteiger partial charge in [-0.15, -0.1) is 11.3 Å². The second-order valence-corrected chi connectivity index (χ2v) is 8.93. The molecule has 1 aliphatic rings. The Kier molecular flexibility index (Phi) is 5.67. The van der Waals surface area contributed by atoms with Crippen molar-refractivity contribution in [2.45, 2.75) is 0 Å². The standard InChI is InChI=1S/C23H19BrN4O2S/c24-16-5-3-4-15(12-16)22-25-17(14-31-22)13-18(23(29)28-8-10-30-11-9-28)21-26-19-6-1-2-7-20(19)27-21/h1-7,12-14H,8-11H2,(H,26,27)/b18-13+. The zero-order valence-corrected chi connectivity index (χ0v) is 18.9. The number of nitrogens with zero attached hydrogens (tertiary/aromatic N) is 3. The first-order chi connectivity index (χ1) is 15.2. The fourth-order valence-corrected chi connectivity index (χ4v) is 4.68. The molecular weight excluding hydrogens is 476 g/mol. The number of imidazole rings is 1. The molecule has 0 radical (unpaired) electrons. The number of morpholine rings is 1. The number of thiazole rings is 1. The van der Waals surface area contributed by atoms with Crippen molar-refractivity contribution in [2.24, 2.45) is 0 Å². The number of carbonyl (C=O) groups is 1. The fourth-order valence-electron chi connectivity index (χ4n) is 3.50. The molecule has 0 bridgehead atoms. The number of carbonyl (C=O) groups excluding carboxylic acids is 1. The minimum atomic E-state index is -0.0700. The highest BCUT2D eigenvalue weighted by molar-refractivity contribution is 9.10. The average Bonchev–Trinajstić information content (AvgIpc) is 3.44. The summed E-state index contributed by atoms with van der Waals surface area (Å²) in [4.78, 5) is 27.9. The van der Waals surface area contributed by atoms with Crippen LogP contribution < -0.4 is 0 Å². The smallest absolute Gasteiger partial charge is 0.257 e. The Hall–Kier alpha value is -2.81. The molecule has 0 spiro atoms. The van der Waals surface area contributed by atoms with Gasteiger partial charge in [0.15, 0.2) is 0 Å². The number of rotatable bonds is 4. The zero-order chi connectivity index (χ0) is 21.2. The molecule has 1 aliphatic heterocycles. The molecule has 5 rings (SSSR count). The number of halogens is 1. The SMILES string of the molecule is O=C(/C(=C/c1csc(-c2cccc(Br)c2)n1)c1nc2ccccc2[nH]1)N1CCOCC1. The number of amides is 1. The number of hydrogen-bond donors (Lipinski definition) is 1. The van der Waals surface area contributed by atoms with E-state index in [1.807, 2.05) is 64.9 Å². The highest BCUT2D eigenvalue weighted by atomic mass is 79.9. The van der Waals surface area contributed by atoms with Crippen molar-refractivity contribution in [1.29, 1.82) is 0 Å². The van der Waals surface area contributed by atoms with E-state index in [2.05, 4.69) is 25.9 Å². The summed E-state index contributed by atoms with van der Waals surface area (Å²) >= 11 is 5.06. The van der Waals surface area contributed by atoms with Crippen molar-refractivity contribution < 1.29 is 9.53 Å². The second-order valence-electron chi connectivity index (χ2n) is 7.15. The van der Waals surface area contributed by atoms with Gasteiger partial charge >= 0.3 is 0 Å². The molecule has 156 valence electrons. The van der Waals surface area contributed by atoms with Crippen LogP contribution in [0, 0.1) is 0 Å². The summed E-state index contributed by atoms with van der Waals surface area (Å²) in [6.45, 7) is 2.22. The minimum Gasteiger partial charge on any atom is -0.378 e. The van der Waals surface area contributed by atoms with E-state index in [4.69, 9.17) is 9.72 Å². The normalized spacial score (nSPS) is 14.9. The van der Waals surface area contributed by atoms with Crippen LogP contribution in [0.25, 0.3) is 33.3 Å². The molecular formula is C23H19BrN4O2S. The minimum absolute atomic E-state index is 0.0700. The highest BCUT2D eigenvalue weighted by Crippen LogP contribution is 2.28. The van der Waals surface area contributed by atoms with Crippen LogP contribution in [0.3, 0.4) is 0 Å². The Bertz CT molecular complexity index is 1240. The maximum Gasteiger partial charge on any atom is 0.257 e. The average molecular weight is 495 g/mol. The van der Waals surface area contributed by atoms with E-state index >= 15 is 0 Å². The highest BCUT2D eigenvalue weighted by Gasteiger charge is 2.24. The molecule has 1 amide bonds. The molecule has 3 heterocycles. The predicted molar refractivity (Wildman–Crippen MR) is 127 cm³/mol. The van der Waals surface area contributed by atoms with E-state index in [-0.39, 0.29) is 5.91 Å². The van der Waals surface area contributed by atoms with Gasteiger partial charge in [-0.25, -0.2) is 9.97 Å². The van der Waals surface area contributed by atoms with E-state index in [0.29, 0.717) is 37.7 Å². The Morgan fingerprint density at radius 2 is 1.97 bits per heavy atom. The zero-order valence-electron chi connectivity index (χ0n) is 16.5. The summed E-state index contributed by atoms with van der Waals surface area (Å²) < 4.78 is 6.41. The molecule has 0 unspecified atom stereocenters. The lowest BCUT2D eigenvalue weighted by molar-refractivity contribution is -0.128. The van der Waals surface area contributed by atoms with Crippen LogP contribution in [0.15, 0.2) is 58.4 Å². The lowest BCUT2D eigenvalue weighted by Crippen LogP contribution is -2.41. The number of hydrogen-bond acceptors (Lipinski definition) is 5. The Morgan fingerprint density at radius 3 is 2.77 bits per heavy atom. The lowest BCUT2D eigenvalue weighted by atomic mass is 10.1. The van der Waals surface area contributed by atoms with Crippen molar-refractivity contribution in [1.82, 2.24) is 19.9 Å². The van der Waals surface area contributed by atoms with Crippen molar-refractivity contribution in [3.8, 4) is 10.6 Å². The van der Waals surface area contributed by atoms with Crippen LogP contribution >= 0.6 is 27.3 Å². The van der Waals surface area contributed by atoms with Gasteiger partial charge < -0.3 is 14.6 Å². The van der Waals surface area contributed by atoms with E-state index in [1.54, 1.807) is 11.3 Å². The summed E-state index contributed by atoms with van der Waals surface area (Å²) in [7, 11) is 0. The maximum atomic E-state index is 13.4. The first-order valence-corrected chi connectivity index (χ1v) is 11.6. The summed E-state index contributed by atoms with van der Waals surface area (Å²) in [5, 5.41) is 2.86. The molecule has 0 atom stereocenters. The van der Waals surface area contributed by atoms with Crippen LogP contribution in [0.1, 0.15) is 11.5 Å². The monoisotopic (exact) mass is 494 g/mol. The molecule has 2 aromatic heterocycles. The third-order valence-electron chi connectivity index (χ3n) is 5.06. The largest absolute Gasteiger partial charge is 0.378 e. The number of aromatic nitrogens is 3. The lowest BCUT2D eigenvalue weighted by Gasteiger charge is -2.27. The van der Waals surface area contributed by atoms with E-state index < -0.39 is 0 Å². The first-order valence-electron chi connectivity index (χ1n) is 9.93. The third kappa shape index (κ3) is 4.32. The van der Waals surface area contributed by atoms with E-state index in [9.17, 15) is 4.79 Å². The van der Waals surface area contributed by atoms with Gasteiger partial charge in [0, 0.05) is 28.5 Å². The molecule has 1 fully saturated rings. The van der Waals surface area contributed by atoms with E-state index in [0.717, 1.165) is 31.8 Å². The number of benzene rings is 2. The molecule has 4 aromatic rings. The van der Waals surface area contributed by atoms with Gasteiger partial charge in [-0.3, -0.25) is 4.79 Å². The molecule has 8 heteroatoms. The molecule has 1 N–H and O–H groups in total. The van der Waals surface area contributed by atoms with Crippen LogP contribution in [-0.2, 0) is 9.53 Å². The van der Waals surface area contributed by atoms with E-state index in [1.165, 1.54) is 0 Å². The number of fused-ring (bicyclic) bond motifs is 1. The van der Waals surface area contributed by atoms with Crippen molar-refractivity contribution >= 4 is 55.9 Å². The first kappa shape index (κ1) is 20.1. The van der Waals surface area contributed by atoms with Crippen molar-refractivity contribution in [3.63, 3.8) is 0 Å². The third-order valence-corrected chi connectivity index (χ3v) is 6.46. The molecule has 0 saturated carbocycles. The van der Waals surface area contributed by atoms with Crippen LogP contribution in [-0.4, -0.2) is 52.1 Å². The van der Waals surface area contributed by atoms with Crippen LogP contribution in [0.4, 0.5) is 0 Å². The topological polar surface area (TPSA) is 71.1 Å². The van der Waals surface area contributed by atoms with Gasteiger partial charge in [0.25, 0.3) is 5.91 Å². The van der Waals surface area contributed by atoms with Gasteiger partial charge in [-0.05, 0) is 30.3 Å². The molecule has 0 aliphatic carbocycles. The van der Waals surface area contributed by atoms with Crippen LogP contribution in [0.2, 0.25) is 0 Å². The van der Waals surface area contributed by atoms with Gasteiger partial charge in [0.2, 0.25) is 0 Å². The Labute approximate surface area is 191 Å². The number of aromatic amines is 1. The number of nitrogens with one attached hydrogen (secondary N) is 1. The Balaban J connectivity index is 1.55. The predicted octanol–water partition coefficient (Wildman–Crippen LogP) is 4.85. The number of para-hydroxylation sites is 2. The van der Waals surface area contributed by atoms with Gasteiger partial charge in [-0.1, -0.05) is 40.2 Å². The fraction of sp³-hybridized carbons (Fsp3) is 0.174. The second kappa shape index (κ2) is 8.74. The molecule has 6 nitrogen and oxygen atoms in total. The summed E-state index contributed by atoms with van der Waals surface area (Å²) in [5.74, 6) is 0.481. The van der Waals surface area contributed by atoms with Crippen LogP contribution in [0.5, 0.6) is 0 Å². The summed E-state index contributed by atoms with van der Waals surface area (Å²) in [5.41, 5.74) is 3.99. The molecule has 2 aromatic carbocycles. The van der Waals surface area contributed by atoms with Gasteiger partial charge in [0.05, 0.1) is 35.5 Å². The van der Waals surface area contributed by atoms with Gasteiger partial charge in [-0.2, -0.15) is 0 Å². The van der Waals surface area contributed by atoms with Gasteiger partial charge in [0.1, 0.15) is 10.8 Å². The number of H-pyrrole nitrogens is 1. The Morgan fingerprint density at radius 1 is 1.13 bits per heavy atom. The maximum absolute atomic E-state index is 13.4. The summed E-state index contributed by atoms with van der Waals surface area (Å²) in [6.07, 6.45) is 1.83. The van der Waals surface area contributed by atoms with Crippen molar-refractivity contribution in [3.05, 3.63) is 69.9 Å². The quantitative estimate of drug-likeness (QED) is 0.411.